The third-order valence-corrected chi connectivity index (χ3v) is 3.68. The Morgan fingerprint density at radius 3 is 2.41 bits per heavy atom. The van der Waals surface area contributed by atoms with E-state index in [1.54, 1.807) is 0 Å². The van der Waals surface area contributed by atoms with Gasteiger partial charge in [-0.1, -0.05) is 24.3 Å². The molecule has 0 atom stereocenters. The van der Waals surface area contributed by atoms with Crippen LogP contribution in [0.4, 0.5) is 5.82 Å². The van der Waals surface area contributed by atoms with Gasteiger partial charge in [-0.25, -0.2) is 4.98 Å². The Morgan fingerprint density at radius 2 is 1.82 bits per heavy atom. The van der Waals surface area contributed by atoms with Crippen molar-refractivity contribution in [2.24, 2.45) is 0 Å². The first-order valence-electron chi connectivity index (χ1n) is 5.68. The van der Waals surface area contributed by atoms with Gasteiger partial charge in [-0.05, 0) is 45.6 Å². The molecule has 0 amide bonds. The van der Waals surface area contributed by atoms with E-state index in [0.717, 1.165) is 23.4 Å². The molecule has 17 heavy (non-hydrogen) atoms. The molecular weight excluding hydrogens is 276 g/mol. The van der Waals surface area contributed by atoms with Crippen molar-refractivity contribution in [2.75, 3.05) is 4.90 Å². The first-order chi connectivity index (χ1) is 8.24. The Kier molecular flexibility index (Phi) is 2.63. The smallest absolute Gasteiger partial charge is 0.143 e. The topological polar surface area (TPSA) is 16.1 Å². The molecule has 1 aliphatic heterocycles. The first-order valence-corrected chi connectivity index (χ1v) is 6.47. The minimum atomic E-state index is 0.949. The summed E-state index contributed by atoms with van der Waals surface area (Å²) in [6.07, 6.45) is 1.92. The maximum atomic E-state index is 4.52. The van der Waals surface area contributed by atoms with E-state index < -0.39 is 0 Å². The lowest BCUT2D eigenvalue weighted by molar-refractivity contribution is 0.852. The molecule has 2 aromatic rings. The summed E-state index contributed by atoms with van der Waals surface area (Å²) < 4.78 is 1.07. The highest BCUT2D eigenvalue weighted by Crippen LogP contribution is 2.31. The molecule has 1 aromatic carbocycles. The molecular formula is C14H13BrN2. The van der Waals surface area contributed by atoms with Crippen molar-refractivity contribution in [1.29, 1.82) is 0 Å². The van der Waals surface area contributed by atoms with Crippen LogP contribution in [0.15, 0.2) is 41.0 Å². The average Bonchev–Trinajstić information content (AvgIpc) is 2.72. The summed E-state index contributed by atoms with van der Waals surface area (Å²) in [5, 5.41) is 0. The molecule has 2 nitrogen and oxygen atoms in total. The van der Waals surface area contributed by atoms with Crippen molar-refractivity contribution >= 4 is 21.7 Å². The van der Waals surface area contributed by atoms with Crippen molar-refractivity contribution in [1.82, 2.24) is 4.98 Å². The second-order valence-electron chi connectivity index (χ2n) is 4.44. The Bertz CT molecular complexity index is 541. The van der Waals surface area contributed by atoms with Crippen LogP contribution in [-0.4, -0.2) is 4.98 Å². The van der Waals surface area contributed by atoms with Gasteiger partial charge < -0.3 is 4.90 Å². The summed E-state index contributed by atoms with van der Waals surface area (Å²) in [7, 11) is 0. The molecule has 2 heterocycles. The van der Waals surface area contributed by atoms with Crippen LogP contribution in [0.1, 0.15) is 16.7 Å². The fraction of sp³-hybridized carbons (Fsp3) is 0.214. The van der Waals surface area contributed by atoms with E-state index >= 15 is 0 Å². The quantitative estimate of drug-likeness (QED) is 0.796. The zero-order valence-electron chi connectivity index (χ0n) is 9.65. The lowest BCUT2D eigenvalue weighted by Crippen LogP contribution is -2.16. The lowest BCUT2D eigenvalue weighted by Gasteiger charge is -2.18. The van der Waals surface area contributed by atoms with Gasteiger partial charge in [0, 0.05) is 19.3 Å². The maximum absolute atomic E-state index is 4.52. The molecule has 0 bridgehead atoms. The van der Waals surface area contributed by atoms with Crippen LogP contribution in [-0.2, 0) is 13.1 Å². The van der Waals surface area contributed by atoms with Gasteiger partial charge in [-0.2, -0.15) is 0 Å². The van der Waals surface area contributed by atoms with Gasteiger partial charge in [0.05, 0.1) is 4.47 Å². The van der Waals surface area contributed by atoms with Crippen molar-refractivity contribution in [2.45, 2.75) is 20.0 Å². The van der Waals surface area contributed by atoms with E-state index in [0.29, 0.717) is 0 Å². The molecule has 3 heteroatoms. The Hall–Kier alpha value is -1.35. The third kappa shape index (κ3) is 1.95. The van der Waals surface area contributed by atoms with E-state index in [9.17, 15) is 0 Å². The van der Waals surface area contributed by atoms with Gasteiger partial charge in [0.25, 0.3) is 0 Å². The first kappa shape index (κ1) is 10.8. The largest absolute Gasteiger partial charge is 0.347 e. The maximum Gasteiger partial charge on any atom is 0.143 e. The molecule has 0 aliphatic carbocycles. The van der Waals surface area contributed by atoms with Crippen LogP contribution in [0.2, 0.25) is 0 Å². The number of pyridine rings is 1. The molecule has 0 radical (unpaired) electrons. The number of aryl methyl sites for hydroxylation is 1. The van der Waals surface area contributed by atoms with Crippen LogP contribution in [0.5, 0.6) is 0 Å². The van der Waals surface area contributed by atoms with E-state index in [2.05, 4.69) is 63.1 Å². The standard InChI is InChI=1S/C14H13BrN2/c1-10-6-13(15)14(16-7-10)17-8-11-4-2-3-5-12(11)9-17/h2-7H,8-9H2,1H3. The third-order valence-electron chi connectivity index (χ3n) is 3.10. The SMILES string of the molecule is Cc1cnc(N2Cc3ccccc3C2)c(Br)c1. The van der Waals surface area contributed by atoms with E-state index in [1.165, 1.54) is 16.7 Å². The summed E-state index contributed by atoms with van der Waals surface area (Å²) in [5.41, 5.74) is 3.99. The highest BCUT2D eigenvalue weighted by molar-refractivity contribution is 9.10. The fourth-order valence-corrected chi connectivity index (χ4v) is 2.96. The average molecular weight is 289 g/mol. The Morgan fingerprint density at radius 1 is 1.18 bits per heavy atom. The highest BCUT2D eigenvalue weighted by atomic mass is 79.9. The summed E-state index contributed by atoms with van der Waals surface area (Å²) in [6.45, 7) is 3.95. The minimum Gasteiger partial charge on any atom is -0.347 e. The molecule has 0 unspecified atom stereocenters. The van der Waals surface area contributed by atoms with Crippen LogP contribution < -0.4 is 4.90 Å². The summed E-state index contributed by atoms with van der Waals surface area (Å²) in [5.74, 6) is 1.03. The molecule has 1 aromatic heterocycles. The minimum absolute atomic E-state index is 0.949. The molecule has 1 aliphatic rings. The number of anilines is 1. The van der Waals surface area contributed by atoms with Gasteiger partial charge in [-0.3, -0.25) is 0 Å². The summed E-state index contributed by atoms with van der Waals surface area (Å²) in [6, 6.07) is 10.7. The van der Waals surface area contributed by atoms with Crippen LogP contribution in [0, 0.1) is 6.92 Å². The monoisotopic (exact) mass is 288 g/mol. The van der Waals surface area contributed by atoms with Gasteiger partial charge in [0.1, 0.15) is 5.82 Å². The fourth-order valence-electron chi connectivity index (χ4n) is 2.24. The van der Waals surface area contributed by atoms with Crippen molar-refractivity contribution < 1.29 is 0 Å². The number of aromatic nitrogens is 1. The van der Waals surface area contributed by atoms with E-state index in [-0.39, 0.29) is 0 Å². The predicted octanol–water partition coefficient (Wildman–Crippen LogP) is 3.67. The normalized spacial score (nSPS) is 13.9. The van der Waals surface area contributed by atoms with Crippen molar-refractivity contribution in [3.8, 4) is 0 Å². The van der Waals surface area contributed by atoms with Crippen molar-refractivity contribution in [3.05, 3.63) is 57.7 Å². The van der Waals surface area contributed by atoms with Gasteiger partial charge in [0.15, 0.2) is 0 Å². The van der Waals surface area contributed by atoms with Crippen LogP contribution in [0.3, 0.4) is 0 Å². The Labute approximate surface area is 109 Å². The number of hydrogen-bond acceptors (Lipinski definition) is 2. The molecule has 0 spiro atoms. The zero-order chi connectivity index (χ0) is 11.8. The zero-order valence-corrected chi connectivity index (χ0v) is 11.2. The number of halogens is 1. The van der Waals surface area contributed by atoms with Gasteiger partial charge in [-0.15, -0.1) is 0 Å². The van der Waals surface area contributed by atoms with Gasteiger partial charge in [0.2, 0.25) is 0 Å². The number of fused-ring (bicyclic) bond motifs is 1. The number of rotatable bonds is 1. The Balaban J connectivity index is 1.94. The van der Waals surface area contributed by atoms with Crippen LogP contribution >= 0.6 is 15.9 Å². The van der Waals surface area contributed by atoms with E-state index in [1.807, 2.05) is 6.20 Å². The number of nitrogens with zero attached hydrogens (tertiary/aromatic N) is 2. The van der Waals surface area contributed by atoms with Crippen molar-refractivity contribution in [3.63, 3.8) is 0 Å². The second-order valence-corrected chi connectivity index (χ2v) is 5.30. The molecule has 0 saturated heterocycles. The molecule has 3 rings (SSSR count). The highest BCUT2D eigenvalue weighted by Gasteiger charge is 2.20. The summed E-state index contributed by atoms with van der Waals surface area (Å²) in [4.78, 5) is 6.82. The summed E-state index contributed by atoms with van der Waals surface area (Å²) >= 11 is 3.60. The molecule has 0 N–H and O–H groups in total. The van der Waals surface area contributed by atoms with E-state index in [4.69, 9.17) is 0 Å². The van der Waals surface area contributed by atoms with Gasteiger partial charge >= 0.3 is 0 Å². The molecule has 0 fully saturated rings. The molecule has 0 saturated carbocycles. The lowest BCUT2D eigenvalue weighted by atomic mass is 10.1. The number of hydrogen-bond donors (Lipinski definition) is 0. The predicted molar refractivity (Wildman–Crippen MR) is 73.0 cm³/mol. The number of benzene rings is 1. The second kappa shape index (κ2) is 4.15. The molecule has 86 valence electrons. The van der Waals surface area contributed by atoms with Crippen LogP contribution in [0.25, 0.3) is 0 Å².